The van der Waals surface area contributed by atoms with Gasteiger partial charge < -0.3 is 41.2 Å². The van der Waals surface area contributed by atoms with Crippen molar-refractivity contribution in [2.24, 2.45) is 5.73 Å². The van der Waals surface area contributed by atoms with E-state index in [0.717, 1.165) is 31.7 Å². The molecule has 0 aliphatic heterocycles. The van der Waals surface area contributed by atoms with Gasteiger partial charge in [-0.15, -0.1) is 11.3 Å². The van der Waals surface area contributed by atoms with Crippen molar-refractivity contribution in [1.29, 1.82) is 0 Å². The van der Waals surface area contributed by atoms with Crippen LogP contribution in [0.3, 0.4) is 0 Å². The number of thiophene rings is 1. The molecule has 0 saturated carbocycles. The minimum absolute atomic E-state index is 0.0689. The molecule has 3 aromatic heterocycles. The summed E-state index contributed by atoms with van der Waals surface area (Å²) in [6.45, 7) is 6.64. The molecule has 220 valence electrons. The van der Waals surface area contributed by atoms with E-state index in [1.807, 2.05) is 35.8 Å². The second kappa shape index (κ2) is 13.4. The molecule has 2 amide bonds. The van der Waals surface area contributed by atoms with E-state index in [2.05, 4.69) is 21.7 Å². The van der Waals surface area contributed by atoms with Crippen molar-refractivity contribution in [3.05, 3.63) is 51.5 Å². The van der Waals surface area contributed by atoms with E-state index in [1.165, 1.54) is 0 Å². The van der Waals surface area contributed by atoms with E-state index in [0.29, 0.717) is 49.9 Å². The number of nitrogens with one attached hydrogen (secondary N) is 2. The topological polar surface area (TPSA) is 180 Å². The highest BCUT2D eigenvalue weighted by Gasteiger charge is 2.22. The Labute approximate surface area is 242 Å². The molecule has 0 spiro atoms. The van der Waals surface area contributed by atoms with Crippen molar-refractivity contribution < 1.29 is 24.2 Å². The van der Waals surface area contributed by atoms with Crippen molar-refractivity contribution in [2.45, 2.75) is 52.5 Å². The molecule has 0 radical (unpaired) electrons. The summed E-state index contributed by atoms with van der Waals surface area (Å²) in [4.78, 5) is 34.6. The number of aliphatic hydroxyl groups is 1. The quantitative estimate of drug-likeness (QED) is 0.109. The highest BCUT2D eigenvalue weighted by Crippen LogP contribution is 2.31. The lowest BCUT2D eigenvalue weighted by Crippen LogP contribution is -2.34. The van der Waals surface area contributed by atoms with Crippen molar-refractivity contribution in [1.82, 2.24) is 25.2 Å². The maximum Gasteiger partial charge on any atom is 0.246 e. The Balaban J connectivity index is 1.47. The van der Waals surface area contributed by atoms with Crippen LogP contribution < -0.4 is 22.1 Å². The Morgan fingerprint density at radius 3 is 2.61 bits per heavy atom. The van der Waals surface area contributed by atoms with Gasteiger partial charge in [0.05, 0.1) is 36.3 Å². The van der Waals surface area contributed by atoms with Gasteiger partial charge in [0, 0.05) is 28.2 Å². The van der Waals surface area contributed by atoms with E-state index in [9.17, 15) is 14.7 Å². The van der Waals surface area contributed by atoms with Gasteiger partial charge in [-0.05, 0) is 44.5 Å². The molecule has 0 unspecified atom stereocenters. The number of rotatable bonds is 14. The highest BCUT2D eigenvalue weighted by molar-refractivity contribution is 7.12. The number of anilines is 1. The zero-order valence-electron chi connectivity index (χ0n) is 23.5. The fourth-order valence-electron chi connectivity index (χ4n) is 4.37. The van der Waals surface area contributed by atoms with Gasteiger partial charge in [-0.3, -0.25) is 9.59 Å². The number of hydrogen-bond donors (Lipinski definition) is 5. The Kier molecular flexibility index (Phi) is 9.89. The van der Waals surface area contributed by atoms with Crippen LogP contribution in [0.15, 0.2) is 30.3 Å². The smallest absolute Gasteiger partial charge is 0.246 e. The first-order chi connectivity index (χ1) is 19.6. The monoisotopic (exact) mass is 583 g/mol. The molecule has 4 aromatic rings. The molecule has 7 N–H and O–H groups in total. The summed E-state index contributed by atoms with van der Waals surface area (Å²) < 4.78 is 12.7. The van der Waals surface area contributed by atoms with E-state index < -0.39 is 5.60 Å². The molecule has 4 rings (SSSR count). The lowest BCUT2D eigenvalue weighted by atomic mass is 10.1. The number of amides is 2. The van der Waals surface area contributed by atoms with E-state index in [4.69, 9.17) is 25.9 Å². The molecular weight excluding hydrogens is 546 g/mol. The number of nitrogens with two attached hydrogens (primary N) is 2. The number of benzene rings is 1. The van der Waals surface area contributed by atoms with Crippen LogP contribution in [0.2, 0.25) is 0 Å². The minimum atomic E-state index is -0.968. The SMILES string of the molecule is CCOCc1nc2c(N)nc3cc(Cc4ccc(CNC(=O)COCNC(=O)CN)s4)ccc3c2n1CC(C)(C)O. The molecule has 0 bridgehead atoms. The second-order valence-corrected chi connectivity index (χ2v) is 11.5. The van der Waals surface area contributed by atoms with Gasteiger partial charge in [0.25, 0.3) is 0 Å². The second-order valence-electron chi connectivity index (χ2n) is 10.2. The number of pyridine rings is 1. The summed E-state index contributed by atoms with van der Waals surface area (Å²) in [7, 11) is 0. The third-order valence-electron chi connectivity index (χ3n) is 6.17. The normalized spacial score (nSPS) is 11.8. The number of aromatic nitrogens is 3. The van der Waals surface area contributed by atoms with E-state index >= 15 is 0 Å². The number of fused-ring (bicyclic) bond motifs is 3. The third kappa shape index (κ3) is 7.99. The molecule has 12 nitrogen and oxygen atoms in total. The van der Waals surface area contributed by atoms with Gasteiger partial charge >= 0.3 is 0 Å². The Morgan fingerprint density at radius 1 is 1.10 bits per heavy atom. The molecule has 0 atom stereocenters. The van der Waals surface area contributed by atoms with Crippen molar-refractivity contribution >= 4 is 50.9 Å². The summed E-state index contributed by atoms with van der Waals surface area (Å²) in [6.07, 6.45) is 0.691. The minimum Gasteiger partial charge on any atom is -0.389 e. The van der Waals surface area contributed by atoms with Crippen LogP contribution in [-0.4, -0.2) is 63.5 Å². The van der Waals surface area contributed by atoms with Gasteiger partial charge in [-0.25, -0.2) is 9.97 Å². The summed E-state index contributed by atoms with van der Waals surface area (Å²) in [6, 6.07) is 10.1. The first-order valence-corrected chi connectivity index (χ1v) is 14.2. The molecule has 0 aliphatic rings. The predicted octanol–water partition coefficient (Wildman–Crippen LogP) is 1.79. The number of nitrogen functional groups attached to an aromatic ring is 1. The van der Waals surface area contributed by atoms with Gasteiger partial charge in [0.1, 0.15) is 31.3 Å². The van der Waals surface area contributed by atoms with E-state index in [1.54, 1.807) is 25.2 Å². The van der Waals surface area contributed by atoms with Gasteiger partial charge in [-0.1, -0.05) is 12.1 Å². The number of carbonyl (C=O) groups is 2. The number of nitrogens with zero attached hydrogens (tertiary/aromatic N) is 3. The molecule has 0 aliphatic carbocycles. The Bertz CT molecular complexity index is 1530. The standard InChI is InChI=1S/C28H37N7O5S/c1-4-39-13-22-34-25-26(35(22)15-28(2,3)38)20-8-5-17(10-21(20)33-27(25)30)9-18-6-7-19(41-18)12-31-24(37)14-40-16-32-23(36)11-29/h5-8,10,38H,4,9,11-16,29H2,1-3H3,(H2,30,33)(H,31,37)(H,32,36). The zero-order valence-corrected chi connectivity index (χ0v) is 24.3. The highest BCUT2D eigenvalue weighted by atomic mass is 32.1. The maximum absolute atomic E-state index is 12.0. The van der Waals surface area contributed by atoms with Crippen LogP contribution in [-0.2, 0) is 45.2 Å². The summed E-state index contributed by atoms with van der Waals surface area (Å²) in [5.74, 6) is 0.396. The molecule has 0 fully saturated rings. The van der Waals surface area contributed by atoms with Crippen molar-refractivity contribution in [3.8, 4) is 0 Å². The predicted molar refractivity (Wildman–Crippen MR) is 158 cm³/mol. The molecule has 0 saturated heterocycles. The molecular formula is C28H37N7O5S. The van der Waals surface area contributed by atoms with Crippen LogP contribution in [0.1, 0.15) is 41.9 Å². The Hall–Kier alpha value is -3.62. The zero-order chi connectivity index (χ0) is 29.6. The van der Waals surface area contributed by atoms with Crippen LogP contribution in [0.25, 0.3) is 21.9 Å². The lowest BCUT2D eigenvalue weighted by molar-refractivity contribution is -0.128. The number of ether oxygens (including phenoxy) is 2. The van der Waals surface area contributed by atoms with Crippen molar-refractivity contribution in [2.75, 3.05) is 32.2 Å². The summed E-state index contributed by atoms with van der Waals surface area (Å²) in [5, 5.41) is 16.8. The number of carbonyl (C=O) groups excluding carboxylic acids is 2. The van der Waals surface area contributed by atoms with Crippen LogP contribution in [0.5, 0.6) is 0 Å². The van der Waals surface area contributed by atoms with E-state index in [-0.39, 0.29) is 31.7 Å². The van der Waals surface area contributed by atoms with Gasteiger partial charge in [-0.2, -0.15) is 0 Å². The van der Waals surface area contributed by atoms with Gasteiger partial charge in [0.2, 0.25) is 11.8 Å². The average Bonchev–Trinajstić information content (AvgIpc) is 3.52. The largest absolute Gasteiger partial charge is 0.389 e. The van der Waals surface area contributed by atoms with Crippen molar-refractivity contribution in [3.63, 3.8) is 0 Å². The molecule has 3 heterocycles. The lowest BCUT2D eigenvalue weighted by Gasteiger charge is -2.20. The Morgan fingerprint density at radius 2 is 1.88 bits per heavy atom. The summed E-state index contributed by atoms with van der Waals surface area (Å²) in [5.41, 5.74) is 13.8. The number of imidazole rings is 1. The maximum atomic E-state index is 12.0. The fraction of sp³-hybridized carbons (Fsp3) is 0.429. The van der Waals surface area contributed by atoms with Crippen LogP contribution in [0.4, 0.5) is 5.82 Å². The first kappa shape index (κ1) is 30.3. The van der Waals surface area contributed by atoms with Crippen LogP contribution in [0, 0.1) is 0 Å². The van der Waals surface area contributed by atoms with Crippen LogP contribution >= 0.6 is 11.3 Å². The first-order valence-electron chi connectivity index (χ1n) is 13.3. The third-order valence-corrected chi connectivity index (χ3v) is 7.26. The van der Waals surface area contributed by atoms with Gasteiger partial charge in [0.15, 0.2) is 5.82 Å². The molecule has 1 aromatic carbocycles. The fourth-order valence-corrected chi connectivity index (χ4v) is 5.36. The number of hydrogen-bond acceptors (Lipinski definition) is 10. The molecule has 13 heteroatoms. The summed E-state index contributed by atoms with van der Waals surface area (Å²) >= 11 is 1.61. The average molecular weight is 584 g/mol. The molecule has 41 heavy (non-hydrogen) atoms.